The van der Waals surface area contributed by atoms with E-state index in [2.05, 4.69) is 6.58 Å². The van der Waals surface area contributed by atoms with Crippen molar-refractivity contribution in [1.82, 2.24) is 4.90 Å². The van der Waals surface area contributed by atoms with Gasteiger partial charge in [-0.25, -0.2) is 4.90 Å². The van der Waals surface area contributed by atoms with Crippen molar-refractivity contribution in [1.29, 1.82) is 0 Å². The Kier molecular flexibility index (Phi) is 2.51. The highest BCUT2D eigenvalue weighted by Gasteiger charge is 2.57. The molecule has 78 valence electrons. The van der Waals surface area contributed by atoms with Crippen molar-refractivity contribution < 1.29 is 4.92 Å². The van der Waals surface area contributed by atoms with E-state index in [0.29, 0.717) is 6.54 Å². The number of nitro groups is 1. The lowest BCUT2D eigenvalue weighted by Gasteiger charge is -1.95. The molecule has 4 heteroatoms. The zero-order chi connectivity index (χ0) is 10.8. The van der Waals surface area contributed by atoms with Crippen LogP contribution in [0.2, 0.25) is 0 Å². The molecule has 0 amide bonds. The highest BCUT2D eigenvalue weighted by molar-refractivity contribution is 5.25. The van der Waals surface area contributed by atoms with Gasteiger partial charge in [0.15, 0.2) is 0 Å². The van der Waals surface area contributed by atoms with E-state index in [4.69, 9.17) is 0 Å². The van der Waals surface area contributed by atoms with Gasteiger partial charge in [-0.05, 0) is 5.56 Å². The molecule has 4 nitrogen and oxygen atoms in total. The normalized spacial score (nSPS) is 28.4. The van der Waals surface area contributed by atoms with Crippen LogP contribution in [0.3, 0.4) is 0 Å². The van der Waals surface area contributed by atoms with Gasteiger partial charge >= 0.3 is 0 Å². The first-order valence-electron chi connectivity index (χ1n) is 4.81. The van der Waals surface area contributed by atoms with Crippen molar-refractivity contribution in [2.24, 2.45) is 0 Å². The molecule has 0 bridgehead atoms. The largest absolute Gasteiger partial charge is 0.289 e. The van der Waals surface area contributed by atoms with Gasteiger partial charge in [-0.1, -0.05) is 36.4 Å². The summed E-state index contributed by atoms with van der Waals surface area (Å²) in [5.41, 5.74) is 1.00. The van der Waals surface area contributed by atoms with Crippen LogP contribution < -0.4 is 0 Å². The van der Waals surface area contributed by atoms with Crippen LogP contribution in [-0.2, 0) is 0 Å². The van der Waals surface area contributed by atoms with Gasteiger partial charge in [0.1, 0.15) is 6.04 Å². The second-order valence-corrected chi connectivity index (χ2v) is 3.54. The Hall–Kier alpha value is -1.68. The minimum absolute atomic E-state index is 0.0841. The molecule has 1 unspecified atom stereocenters. The smallest absolute Gasteiger partial charge is 0.263 e. The van der Waals surface area contributed by atoms with Gasteiger partial charge in [0, 0.05) is 11.5 Å². The number of benzene rings is 1. The maximum Gasteiger partial charge on any atom is 0.289 e. The summed E-state index contributed by atoms with van der Waals surface area (Å²) < 4.78 is 0. The van der Waals surface area contributed by atoms with E-state index in [1.165, 1.54) is 0 Å². The molecular weight excluding hydrogens is 192 g/mol. The molecule has 1 aliphatic heterocycles. The van der Waals surface area contributed by atoms with E-state index in [1.807, 2.05) is 35.2 Å². The van der Waals surface area contributed by atoms with Crippen LogP contribution >= 0.6 is 0 Å². The first-order valence-corrected chi connectivity index (χ1v) is 4.81. The Morgan fingerprint density at radius 1 is 1.47 bits per heavy atom. The molecule has 0 aliphatic carbocycles. The number of hydrogen-bond acceptors (Lipinski definition) is 3. The molecule has 1 fully saturated rings. The fourth-order valence-corrected chi connectivity index (χ4v) is 1.88. The third-order valence-corrected chi connectivity index (χ3v) is 2.59. The molecule has 15 heavy (non-hydrogen) atoms. The van der Waals surface area contributed by atoms with Crippen molar-refractivity contribution in [3.63, 3.8) is 0 Å². The molecule has 1 aromatic rings. The summed E-state index contributed by atoms with van der Waals surface area (Å²) in [5.74, 6) is 0. The topological polar surface area (TPSA) is 46.1 Å². The van der Waals surface area contributed by atoms with Crippen LogP contribution in [0.15, 0.2) is 43.0 Å². The van der Waals surface area contributed by atoms with E-state index in [9.17, 15) is 10.1 Å². The molecular formula is C11H12N2O2. The Morgan fingerprint density at radius 2 is 2.13 bits per heavy atom. The molecule has 2 rings (SSSR count). The van der Waals surface area contributed by atoms with E-state index in [1.54, 1.807) is 6.08 Å². The third-order valence-electron chi connectivity index (χ3n) is 2.59. The summed E-state index contributed by atoms with van der Waals surface area (Å²) in [4.78, 5) is 12.3. The van der Waals surface area contributed by atoms with Crippen molar-refractivity contribution in [3.8, 4) is 0 Å². The van der Waals surface area contributed by atoms with Crippen LogP contribution in [0.25, 0.3) is 0 Å². The second kappa shape index (κ2) is 3.82. The first kappa shape index (κ1) is 9.86. The standard InChI is InChI=1S/C11H12N2O2/c1-2-8-12-10(11(12)13(14)15)9-6-4-3-5-7-9/h2-7,10-11H,1,8H2/t10-,11-,12?/m1/s1. The minimum atomic E-state index is -0.578. The third kappa shape index (κ3) is 1.76. The summed E-state index contributed by atoms with van der Waals surface area (Å²) in [6.45, 7) is 4.16. The van der Waals surface area contributed by atoms with Crippen molar-refractivity contribution in [2.45, 2.75) is 12.2 Å². The summed E-state index contributed by atoms with van der Waals surface area (Å²) in [7, 11) is 0. The number of hydrogen-bond donors (Lipinski definition) is 0. The molecule has 0 aromatic heterocycles. The molecule has 1 aromatic carbocycles. The molecule has 0 N–H and O–H groups in total. The zero-order valence-electron chi connectivity index (χ0n) is 8.24. The summed E-state index contributed by atoms with van der Waals surface area (Å²) in [5, 5.41) is 10.8. The van der Waals surface area contributed by atoms with Gasteiger partial charge in [-0.3, -0.25) is 10.1 Å². The first-order chi connectivity index (χ1) is 7.25. The van der Waals surface area contributed by atoms with Gasteiger partial charge in [0.05, 0.1) is 0 Å². The van der Waals surface area contributed by atoms with Gasteiger partial charge in [0.2, 0.25) is 0 Å². The zero-order valence-corrected chi connectivity index (χ0v) is 8.24. The van der Waals surface area contributed by atoms with E-state index in [-0.39, 0.29) is 11.0 Å². The van der Waals surface area contributed by atoms with E-state index < -0.39 is 6.17 Å². The van der Waals surface area contributed by atoms with Crippen LogP contribution in [-0.4, -0.2) is 22.5 Å². The monoisotopic (exact) mass is 204 g/mol. The molecule has 1 aliphatic rings. The van der Waals surface area contributed by atoms with Crippen LogP contribution in [0.1, 0.15) is 11.6 Å². The SMILES string of the molecule is C=CCN1[C@H](c2ccccc2)[C@H]1[N+](=O)[O-]. The quantitative estimate of drug-likeness (QED) is 0.325. The van der Waals surface area contributed by atoms with Gasteiger partial charge in [0.25, 0.3) is 6.17 Å². The maximum absolute atomic E-state index is 10.8. The lowest BCUT2D eigenvalue weighted by atomic mass is 10.1. The molecule has 0 radical (unpaired) electrons. The lowest BCUT2D eigenvalue weighted by Crippen LogP contribution is -2.10. The Labute approximate surface area is 88.0 Å². The fourth-order valence-electron chi connectivity index (χ4n) is 1.88. The Balaban J connectivity index is 2.17. The van der Waals surface area contributed by atoms with Gasteiger partial charge in [-0.15, -0.1) is 6.58 Å². The van der Waals surface area contributed by atoms with Gasteiger partial charge in [-0.2, -0.15) is 0 Å². The van der Waals surface area contributed by atoms with Crippen LogP contribution in [0, 0.1) is 10.1 Å². The van der Waals surface area contributed by atoms with Crippen LogP contribution in [0.5, 0.6) is 0 Å². The summed E-state index contributed by atoms with van der Waals surface area (Å²) in [6.07, 6.45) is 1.12. The Morgan fingerprint density at radius 3 is 2.67 bits per heavy atom. The van der Waals surface area contributed by atoms with Crippen molar-refractivity contribution >= 4 is 0 Å². The number of nitrogens with zero attached hydrogens (tertiary/aromatic N) is 2. The Bertz CT molecular complexity index is 377. The molecule has 3 atom stereocenters. The summed E-state index contributed by atoms with van der Waals surface area (Å²) in [6, 6.07) is 9.46. The van der Waals surface area contributed by atoms with Crippen molar-refractivity contribution in [3.05, 3.63) is 58.7 Å². The summed E-state index contributed by atoms with van der Waals surface area (Å²) >= 11 is 0. The highest BCUT2D eigenvalue weighted by Crippen LogP contribution is 2.42. The van der Waals surface area contributed by atoms with E-state index in [0.717, 1.165) is 5.56 Å². The maximum atomic E-state index is 10.8. The van der Waals surface area contributed by atoms with E-state index >= 15 is 0 Å². The molecule has 1 heterocycles. The second-order valence-electron chi connectivity index (χ2n) is 3.54. The van der Waals surface area contributed by atoms with Crippen LogP contribution in [0.4, 0.5) is 0 Å². The predicted octanol–water partition coefficient (Wildman–Crippen LogP) is 1.83. The van der Waals surface area contributed by atoms with Gasteiger partial charge < -0.3 is 0 Å². The van der Waals surface area contributed by atoms with Crippen molar-refractivity contribution in [2.75, 3.05) is 6.54 Å². The highest BCUT2D eigenvalue weighted by atomic mass is 16.6. The lowest BCUT2D eigenvalue weighted by molar-refractivity contribution is -0.506. The molecule has 0 saturated carbocycles. The molecule has 0 spiro atoms. The molecule has 1 saturated heterocycles. The average molecular weight is 204 g/mol. The number of rotatable bonds is 4. The minimum Gasteiger partial charge on any atom is -0.263 e. The predicted molar refractivity (Wildman–Crippen MR) is 56.9 cm³/mol. The fraction of sp³-hybridized carbons (Fsp3) is 0.273. The average Bonchev–Trinajstić information content (AvgIpc) is 2.94.